The molecule has 0 atom stereocenters. The molecule has 2 N–H and O–H groups in total. The van der Waals surface area contributed by atoms with Gasteiger partial charge in [0, 0.05) is 37.2 Å². The van der Waals surface area contributed by atoms with Gasteiger partial charge in [-0.05, 0) is 0 Å². The van der Waals surface area contributed by atoms with Crippen molar-refractivity contribution < 1.29 is 9.72 Å². The van der Waals surface area contributed by atoms with E-state index in [4.69, 9.17) is 0 Å². The van der Waals surface area contributed by atoms with Crippen molar-refractivity contribution >= 4 is 11.6 Å². The molecule has 1 amide bonds. The van der Waals surface area contributed by atoms with Gasteiger partial charge in [0.25, 0.3) is 5.69 Å². The number of hydrogen-bond donors (Lipinski definition) is 2. The van der Waals surface area contributed by atoms with Gasteiger partial charge in [-0.1, -0.05) is 32.0 Å². The van der Waals surface area contributed by atoms with E-state index in [1.54, 1.807) is 18.2 Å². The summed E-state index contributed by atoms with van der Waals surface area (Å²) in [4.78, 5) is 21.9. The van der Waals surface area contributed by atoms with Crippen LogP contribution in [-0.2, 0) is 11.3 Å². The Labute approximate surface area is 112 Å². The molecule has 0 aliphatic rings. The second kappa shape index (κ2) is 7.48. The quantitative estimate of drug-likeness (QED) is 0.579. The van der Waals surface area contributed by atoms with Crippen LogP contribution in [0.5, 0.6) is 0 Å². The predicted octanol–water partition coefficient (Wildman–Crippen LogP) is 1.60. The fourth-order valence-electron chi connectivity index (χ4n) is 1.59. The van der Waals surface area contributed by atoms with Gasteiger partial charge in [0.15, 0.2) is 0 Å². The molecular weight excluding hydrogens is 246 g/mol. The van der Waals surface area contributed by atoms with E-state index in [0.29, 0.717) is 24.6 Å². The Balaban J connectivity index is 2.44. The molecular formula is C13H19N3O3. The molecule has 1 aromatic rings. The second-order valence-corrected chi connectivity index (χ2v) is 4.52. The maximum Gasteiger partial charge on any atom is 0.274 e. The summed E-state index contributed by atoms with van der Waals surface area (Å²) in [7, 11) is 0. The zero-order valence-corrected chi connectivity index (χ0v) is 11.2. The maximum atomic E-state index is 11.6. The highest BCUT2D eigenvalue weighted by atomic mass is 16.6. The molecule has 1 rings (SSSR count). The van der Waals surface area contributed by atoms with E-state index in [1.165, 1.54) is 6.07 Å². The van der Waals surface area contributed by atoms with Crippen LogP contribution in [0, 0.1) is 10.1 Å². The van der Waals surface area contributed by atoms with Gasteiger partial charge in [-0.2, -0.15) is 0 Å². The molecule has 0 radical (unpaired) electrons. The van der Waals surface area contributed by atoms with Crippen LogP contribution in [0.2, 0.25) is 0 Å². The van der Waals surface area contributed by atoms with Crippen molar-refractivity contribution in [1.29, 1.82) is 0 Å². The topological polar surface area (TPSA) is 84.3 Å². The highest BCUT2D eigenvalue weighted by molar-refractivity contribution is 5.76. The van der Waals surface area contributed by atoms with Gasteiger partial charge in [0.2, 0.25) is 5.91 Å². The molecule has 0 spiro atoms. The van der Waals surface area contributed by atoms with E-state index in [-0.39, 0.29) is 18.1 Å². The maximum absolute atomic E-state index is 11.6. The first-order valence-electron chi connectivity index (χ1n) is 6.23. The summed E-state index contributed by atoms with van der Waals surface area (Å²) in [6, 6.07) is 6.74. The molecule has 6 nitrogen and oxygen atoms in total. The van der Waals surface area contributed by atoms with Crippen LogP contribution in [0.25, 0.3) is 0 Å². The molecule has 6 heteroatoms. The van der Waals surface area contributed by atoms with Crippen LogP contribution >= 0.6 is 0 Å². The molecule has 19 heavy (non-hydrogen) atoms. The summed E-state index contributed by atoms with van der Waals surface area (Å²) in [5, 5.41) is 16.6. The van der Waals surface area contributed by atoms with Crippen molar-refractivity contribution in [3.05, 3.63) is 39.9 Å². The average molecular weight is 265 g/mol. The lowest BCUT2D eigenvalue weighted by Crippen LogP contribution is -2.30. The lowest BCUT2D eigenvalue weighted by atomic mass is 10.2. The summed E-state index contributed by atoms with van der Waals surface area (Å²) in [5.74, 6) is -0.119. The van der Waals surface area contributed by atoms with E-state index < -0.39 is 4.92 Å². The molecule has 1 aromatic carbocycles. The summed E-state index contributed by atoms with van der Waals surface area (Å²) < 4.78 is 0. The van der Waals surface area contributed by atoms with Crippen LogP contribution in [0.1, 0.15) is 25.8 Å². The Morgan fingerprint density at radius 2 is 2.05 bits per heavy atom. The van der Waals surface area contributed by atoms with Crippen LogP contribution < -0.4 is 10.6 Å². The average Bonchev–Trinajstić information content (AvgIpc) is 2.36. The third-order valence-corrected chi connectivity index (χ3v) is 2.57. The first kappa shape index (κ1) is 15.1. The second-order valence-electron chi connectivity index (χ2n) is 4.52. The van der Waals surface area contributed by atoms with Crippen LogP contribution in [0.15, 0.2) is 24.3 Å². The first-order chi connectivity index (χ1) is 9.00. The van der Waals surface area contributed by atoms with Crippen molar-refractivity contribution in [2.75, 3.05) is 6.54 Å². The molecule has 0 bridgehead atoms. The largest absolute Gasteiger partial charge is 0.352 e. The Morgan fingerprint density at radius 3 is 2.68 bits per heavy atom. The number of hydrogen-bond acceptors (Lipinski definition) is 4. The number of nitro benzene ring substituents is 1. The number of nitro groups is 1. The summed E-state index contributed by atoms with van der Waals surface area (Å²) in [6.45, 7) is 4.79. The molecule has 0 heterocycles. The van der Waals surface area contributed by atoms with E-state index in [1.807, 2.05) is 13.8 Å². The highest BCUT2D eigenvalue weighted by Gasteiger charge is 2.12. The molecule has 0 aliphatic heterocycles. The highest BCUT2D eigenvalue weighted by Crippen LogP contribution is 2.16. The first-order valence-corrected chi connectivity index (χ1v) is 6.23. The molecule has 0 saturated heterocycles. The Morgan fingerprint density at radius 1 is 1.37 bits per heavy atom. The number of nitrogens with zero attached hydrogens (tertiary/aromatic N) is 1. The minimum atomic E-state index is -0.443. The number of carbonyl (C=O) groups excluding carboxylic acids is 1. The van der Waals surface area contributed by atoms with E-state index >= 15 is 0 Å². The van der Waals surface area contributed by atoms with Crippen molar-refractivity contribution in [2.45, 2.75) is 32.9 Å². The lowest BCUT2D eigenvalue weighted by molar-refractivity contribution is -0.385. The van der Waals surface area contributed by atoms with Crippen LogP contribution in [0.4, 0.5) is 5.69 Å². The number of rotatable bonds is 7. The van der Waals surface area contributed by atoms with Gasteiger partial charge in [-0.25, -0.2) is 0 Å². The van der Waals surface area contributed by atoms with Gasteiger partial charge >= 0.3 is 0 Å². The zero-order valence-electron chi connectivity index (χ0n) is 11.2. The normalized spacial score (nSPS) is 10.5. The molecule has 0 fully saturated rings. The molecule has 0 aromatic heterocycles. The Bertz CT molecular complexity index is 447. The fourth-order valence-corrected chi connectivity index (χ4v) is 1.59. The zero-order chi connectivity index (χ0) is 14.3. The lowest BCUT2D eigenvalue weighted by Gasteiger charge is -2.08. The predicted molar refractivity (Wildman–Crippen MR) is 72.7 cm³/mol. The number of benzene rings is 1. The monoisotopic (exact) mass is 265 g/mol. The van der Waals surface area contributed by atoms with Gasteiger partial charge in [-0.3, -0.25) is 14.9 Å². The van der Waals surface area contributed by atoms with Gasteiger partial charge < -0.3 is 10.6 Å². The number of amides is 1. The fraction of sp³-hybridized carbons (Fsp3) is 0.462. The number of para-hydroxylation sites is 1. The number of nitrogens with one attached hydrogen (secondary N) is 2. The van der Waals surface area contributed by atoms with E-state index in [0.717, 1.165) is 0 Å². The third-order valence-electron chi connectivity index (χ3n) is 2.57. The van der Waals surface area contributed by atoms with Crippen molar-refractivity contribution in [3.63, 3.8) is 0 Å². The van der Waals surface area contributed by atoms with Crippen LogP contribution in [0.3, 0.4) is 0 Å². The molecule has 0 saturated carbocycles. The standard InChI is InChI=1S/C13H19N3O3/c1-10(2)14-8-7-13(17)15-9-11-5-3-4-6-12(11)16(18)19/h3-6,10,14H,7-9H2,1-2H3,(H,15,17). The van der Waals surface area contributed by atoms with Crippen molar-refractivity contribution in [1.82, 2.24) is 10.6 Å². The number of carbonyl (C=O) groups is 1. The van der Waals surface area contributed by atoms with Gasteiger partial charge in [0.1, 0.15) is 0 Å². The minimum absolute atomic E-state index is 0.0307. The van der Waals surface area contributed by atoms with Crippen LogP contribution in [-0.4, -0.2) is 23.4 Å². The van der Waals surface area contributed by atoms with Gasteiger partial charge in [0.05, 0.1) is 4.92 Å². The Kier molecular flexibility index (Phi) is 5.95. The van der Waals surface area contributed by atoms with E-state index in [2.05, 4.69) is 10.6 Å². The van der Waals surface area contributed by atoms with Crippen molar-refractivity contribution in [2.24, 2.45) is 0 Å². The third kappa shape index (κ3) is 5.48. The summed E-state index contributed by atoms with van der Waals surface area (Å²) in [6.07, 6.45) is 0.360. The minimum Gasteiger partial charge on any atom is -0.352 e. The smallest absolute Gasteiger partial charge is 0.274 e. The van der Waals surface area contributed by atoms with Gasteiger partial charge in [-0.15, -0.1) is 0 Å². The molecule has 104 valence electrons. The molecule has 0 unspecified atom stereocenters. The molecule has 0 aliphatic carbocycles. The Hall–Kier alpha value is -1.95. The van der Waals surface area contributed by atoms with E-state index in [9.17, 15) is 14.9 Å². The summed E-state index contributed by atoms with van der Waals surface area (Å²) >= 11 is 0. The SMILES string of the molecule is CC(C)NCCC(=O)NCc1ccccc1[N+](=O)[O-]. The summed E-state index contributed by atoms with van der Waals surface area (Å²) in [5.41, 5.74) is 0.542. The van der Waals surface area contributed by atoms with Crippen molar-refractivity contribution in [3.8, 4) is 0 Å².